The van der Waals surface area contributed by atoms with Crippen molar-refractivity contribution in [1.29, 1.82) is 0 Å². The highest BCUT2D eigenvalue weighted by Gasteiger charge is 2.05. The Bertz CT molecular complexity index is 599. The Morgan fingerprint density at radius 3 is 2.75 bits per heavy atom. The second-order valence-corrected chi connectivity index (χ2v) is 5.36. The van der Waals surface area contributed by atoms with Crippen LogP contribution in [0.25, 0.3) is 0 Å². The number of carbonyl (C=O) groups excluding carboxylic acids is 1. The Morgan fingerprint density at radius 2 is 2.00 bits per heavy atom. The third-order valence-electron chi connectivity index (χ3n) is 3.03. The number of carbonyl (C=O) groups is 1. The van der Waals surface area contributed by atoms with Crippen LogP contribution in [-0.2, 0) is 11.2 Å². The molecule has 0 aliphatic rings. The first kappa shape index (κ1) is 14.5. The average molecular weight is 286 g/mol. The zero-order valence-electron chi connectivity index (χ0n) is 11.4. The summed E-state index contributed by atoms with van der Waals surface area (Å²) in [6, 6.07) is 15.5. The van der Waals surface area contributed by atoms with Crippen molar-refractivity contribution in [2.75, 3.05) is 17.3 Å². The van der Waals surface area contributed by atoms with Crippen LogP contribution in [0.3, 0.4) is 0 Å². The smallest absolute Gasteiger partial charge is 0.224 e. The summed E-state index contributed by atoms with van der Waals surface area (Å²) in [4.78, 5) is 13.1. The molecule has 0 fully saturated rings. The van der Waals surface area contributed by atoms with Gasteiger partial charge in [0, 0.05) is 22.7 Å². The first-order valence-electron chi connectivity index (χ1n) is 6.46. The lowest BCUT2D eigenvalue weighted by molar-refractivity contribution is -0.116. The normalized spacial score (nSPS) is 10.2. The molecule has 0 radical (unpaired) electrons. The number of nitrogens with one attached hydrogen (secondary N) is 1. The number of benzene rings is 2. The van der Waals surface area contributed by atoms with E-state index in [1.807, 2.05) is 54.8 Å². The molecule has 0 aliphatic heterocycles. The first-order valence-corrected chi connectivity index (χ1v) is 7.69. The molecule has 2 aromatic carbocycles. The largest absolute Gasteiger partial charge is 0.399 e. The predicted octanol–water partition coefficient (Wildman–Crippen LogP) is 3.56. The van der Waals surface area contributed by atoms with Crippen LogP contribution in [0.2, 0.25) is 0 Å². The van der Waals surface area contributed by atoms with Crippen molar-refractivity contribution in [3.8, 4) is 0 Å². The molecule has 3 N–H and O–H groups in total. The molecule has 0 aliphatic carbocycles. The van der Waals surface area contributed by atoms with Gasteiger partial charge in [-0.3, -0.25) is 4.79 Å². The second kappa shape index (κ2) is 7.01. The lowest BCUT2D eigenvalue weighted by Crippen LogP contribution is -2.12. The van der Waals surface area contributed by atoms with Gasteiger partial charge < -0.3 is 11.1 Å². The molecule has 0 saturated carbocycles. The Morgan fingerprint density at radius 1 is 1.20 bits per heavy atom. The van der Waals surface area contributed by atoms with Crippen molar-refractivity contribution < 1.29 is 4.79 Å². The maximum Gasteiger partial charge on any atom is 0.224 e. The molecule has 0 spiro atoms. The summed E-state index contributed by atoms with van der Waals surface area (Å²) in [6.45, 7) is 0. The van der Waals surface area contributed by atoms with Gasteiger partial charge in [0.05, 0.1) is 0 Å². The Balaban J connectivity index is 1.91. The van der Waals surface area contributed by atoms with Gasteiger partial charge in [0.1, 0.15) is 0 Å². The number of para-hydroxylation sites is 1. The van der Waals surface area contributed by atoms with E-state index in [0.717, 1.165) is 21.8 Å². The third kappa shape index (κ3) is 4.03. The number of hydrogen-bond donors (Lipinski definition) is 2. The maximum atomic E-state index is 11.9. The fraction of sp³-hybridized carbons (Fsp3) is 0.188. The third-order valence-corrected chi connectivity index (χ3v) is 3.76. The summed E-state index contributed by atoms with van der Waals surface area (Å²) in [5.41, 5.74) is 8.45. The van der Waals surface area contributed by atoms with E-state index < -0.39 is 0 Å². The summed E-state index contributed by atoms with van der Waals surface area (Å²) in [5.74, 6) is 0.00602. The van der Waals surface area contributed by atoms with E-state index in [1.165, 1.54) is 0 Å². The molecular weight excluding hydrogens is 268 g/mol. The molecule has 0 heterocycles. The van der Waals surface area contributed by atoms with E-state index in [0.29, 0.717) is 12.8 Å². The van der Waals surface area contributed by atoms with E-state index in [-0.39, 0.29) is 5.91 Å². The van der Waals surface area contributed by atoms with Crippen LogP contribution in [0, 0.1) is 0 Å². The highest BCUT2D eigenvalue weighted by atomic mass is 32.2. The van der Waals surface area contributed by atoms with Gasteiger partial charge in [0.2, 0.25) is 5.91 Å². The summed E-state index contributed by atoms with van der Waals surface area (Å²) in [5, 5.41) is 2.91. The molecule has 4 heteroatoms. The molecule has 0 saturated heterocycles. The van der Waals surface area contributed by atoms with Crippen LogP contribution < -0.4 is 11.1 Å². The number of anilines is 2. The molecule has 0 unspecified atom stereocenters. The number of hydrogen-bond acceptors (Lipinski definition) is 3. The Hall–Kier alpha value is -1.94. The van der Waals surface area contributed by atoms with Crippen LogP contribution in [0.1, 0.15) is 12.0 Å². The van der Waals surface area contributed by atoms with Crippen molar-refractivity contribution in [2.45, 2.75) is 17.7 Å². The van der Waals surface area contributed by atoms with Gasteiger partial charge in [0.25, 0.3) is 0 Å². The molecule has 1 amide bonds. The highest BCUT2D eigenvalue weighted by Crippen LogP contribution is 2.19. The molecule has 2 rings (SSSR count). The molecule has 20 heavy (non-hydrogen) atoms. The Labute approximate surface area is 123 Å². The van der Waals surface area contributed by atoms with E-state index in [9.17, 15) is 4.79 Å². The van der Waals surface area contributed by atoms with Crippen LogP contribution in [0.15, 0.2) is 53.4 Å². The molecule has 104 valence electrons. The summed E-state index contributed by atoms with van der Waals surface area (Å²) in [6.07, 6.45) is 3.09. The number of nitrogen functional groups attached to an aromatic ring is 1. The lowest BCUT2D eigenvalue weighted by Gasteiger charge is -2.07. The van der Waals surface area contributed by atoms with Gasteiger partial charge >= 0.3 is 0 Å². The SMILES string of the molecule is CSc1cccc(NC(=O)CCc2ccccc2N)c1. The van der Waals surface area contributed by atoms with Crippen molar-refractivity contribution in [3.63, 3.8) is 0 Å². The van der Waals surface area contributed by atoms with E-state index >= 15 is 0 Å². The van der Waals surface area contributed by atoms with Gasteiger partial charge in [-0.05, 0) is 42.5 Å². The minimum absolute atomic E-state index is 0.00602. The minimum Gasteiger partial charge on any atom is -0.399 e. The summed E-state index contributed by atoms with van der Waals surface area (Å²) < 4.78 is 0. The average Bonchev–Trinajstić information content (AvgIpc) is 2.46. The fourth-order valence-corrected chi connectivity index (χ4v) is 2.39. The number of amides is 1. The number of aryl methyl sites for hydroxylation is 1. The number of rotatable bonds is 5. The quantitative estimate of drug-likeness (QED) is 0.652. The fourth-order valence-electron chi connectivity index (χ4n) is 1.93. The zero-order valence-corrected chi connectivity index (χ0v) is 12.2. The zero-order chi connectivity index (χ0) is 14.4. The first-order chi connectivity index (χ1) is 9.69. The molecule has 0 bridgehead atoms. The minimum atomic E-state index is 0.00602. The van der Waals surface area contributed by atoms with Gasteiger partial charge in [0.15, 0.2) is 0 Å². The van der Waals surface area contributed by atoms with Crippen molar-refractivity contribution >= 4 is 29.0 Å². The van der Waals surface area contributed by atoms with Gasteiger partial charge in [-0.2, -0.15) is 0 Å². The monoisotopic (exact) mass is 286 g/mol. The van der Waals surface area contributed by atoms with Crippen molar-refractivity contribution in [1.82, 2.24) is 0 Å². The maximum absolute atomic E-state index is 11.9. The van der Waals surface area contributed by atoms with Gasteiger partial charge in [-0.1, -0.05) is 24.3 Å². The Kier molecular flexibility index (Phi) is 5.07. The lowest BCUT2D eigenvalue weighted by atomic mass is 10.1. The standard InChI is InChI=1S/C16H18N2OS/c1-20-14-7-4-6-13(11-14)18-16(19)10-9-12-5-2-3-8-15(12)17/h2-8,11H,9-10,17H2,1H3,(H,18,19). The summed E-state index contributed by atoms with van der Waals surface area (Å²) >= 11 is 1.65. The van der Waals surface area contributed by atoms with Crippen molar-refractivity contribution in [3.05, 3.63) is 54.1 Å². The van der Waals surface area contributed by atoms with E-state index in [4.69, 9.17) is 5.73 Å². The van der Waals surface area contributed by atoms with Crippen LogP contribution in [0.4, 0.5) is 11.4 Å². The molecule has 0 aromatic heterocycles. The molecular formula is C16H18N2OS. The van der Waals surface area contributed by atoms with Gasteiger partial charge in [-0.15, -0.1) is 11.8 Å². The molecule has 3 nitrogen and oxygen atoms in total. The van der Waals surface area contributed by atoms with Crippen molar-refractivity contribution in [2.24, 2.45) is 0 Å². The molecule has 2 aromatic rings. The molecule has 0 atom stereocenters. The number of nitrogens with two attached hydrogens (primary N) is 1. The van der Waals surface area contributed by atoms with Gasteiger partial charge in [-0.25, -0.2) is 0 Å². The van der Waals surface area contributed by atoms with Crippen LogP contribution in [0.5, 0.6) is 0 Å². The van der Waals surface area contributed by atoms with E-state index in [1.54, 1.807) is 11.8 Å². The van der Waals surface area contributed by atoms with Crippen LogP contribution >= 0.6 is 11.8 Å². The predicted molar refractivity (Wildman–Crippen MR) is 86.0 cm³/mol. The number of thioether (sulfide) groups is 1. The van der Waals surface area contributed by atoms with E-state index in [2.05, 4.69) is 5.32 Å². The topological polar surface area (TPSA) is 55.1 Å². The van der Waals surface area contributed by atoms with Crippen LogP contribution in [-0.4, -0.2) is 12.2 Å². The second-order valence-electron chi connectivity index (χ2n) is 4.48. The summed E-state index contributed by atoms with van der Waals surface area (Å²) in [7, 11) is 0. The highest BCUT2D eigenvalue weighted by molar-refractivity contribution is 7.98.